The zero-order valence-corrected chi connectivity index (χ0v) is 17.1. The van der Waals surface area contributed by atoms with E-state index in [0.29, 0.717) is 36.7 Å². The summed E-state index contributed by atoms with van der Waals surface area (Å²) in [6.45, 7) is 2.93. The molecule has 0 radical (unpaired) electrons. The van der Waals surface area contributed by atoms with Crippen LogP contribution in [-0.4, -0.2) is 59.6 Å². The molecule has 1 aliphatic carbocycles. The number of para-hydroxylation sites is 1. The Morgan fingerprint density at radius 3 is 2.69 bits per heavy atom. The van der Waals surface area contributed by atoms with Crippen LogP contribution in [0.15, 0.2) is 24.3 Å². The number of fused-ring (bicyclic) bond motifs is 2. The van der Waals surface area contributed by atoms with Crippen LogP contribution in [0.1, 0.15) is 61.7 Å². The Hall–Kier alpha value is -2.08. The lowest BCUT2D eigenvalue weighted by molar-refractivity contribution is -0.140. The van der Waals surface area contributed by atoms with Crippen LogP contribution in [0, 0.1) is 5.92 Å². The predicted octanol–water partition coefficient (Wildman–Crippen LogP) is 2.78. The van der Waals surface area contributed by atoms with Gasteiger partial charge >= 0.3 is 0 Å². The second kappa shape index (κ2) is 7.63. The molecule has 3 heterocycles. The molecule has 3 aliphatic heterocycles. The largest absolute Gasteiger partial charge is 0.467 e. The Labute approximate surface area is 172 Å². The number of amides is 2. The molecule has 6 nitrogen and oxygen atoms in total. The Kier molecular flexibility index (Phi) is 4.98. The van der Waals surface area contributed by atoms with Crippen LogP contribution in [0.4, 0.5) is 0 Å². The van der Waals surface area contributed by atoms with Gasteiger partial charge in [0, 0.05) is 38.5 Å². The number of nitrogens with one attached hydrogen (secondary N) is 1. The summed E-state index contributed by atoms with van der Waals surface area (Å²) >= 11 is 0. The van der Waals surface area contributed by atoms with Gasteiger partial charge in [0.05, 0.1) is 12.1 Å². The first-order valence-corrected chi connectivity index (χ1v) is 11.3. The van der Waals surface area contributed by atoms with Gasteiger partial charge in [-0.25, -0.2) is 0 Å². The number of ether oxygens (including phenoxy) is 1. The van der Waals surface area contributed by atoms with E-state index in [0.717, 1.165) is 32.0 Å². The predicted molar refractivity (Wildman–Crippen MR) is 110 cm³/mol. The first-order chi connectivity index (χ1) is 14.1. The first-order valence-electron chi connectivity index (χ1n) is 11.3. The Morgan fingerprint density at radius 2 is 1.83 bits per heavy atom. The van der Waals surface area contributed by atoms with E-state index in [9.17, 15) is 9.59 Å². The van der Waals surface area contributed by atoms with Crippen molar-refractivity contribution in [3.63, 3.8) is 0 Å². The van der Waals surface area contributed by atoms with Crippen molar-refractivity contribution in [1.82, 2.24) is 15.1 Å². The number of rotatable bonds is 2. The zero-order valence-electron chi connectivity index (χ0n) is 17.1. The van der Waals surface area contributed by atoms with Gasteiger partial charge < -0.3 is 15.0 Å². The monoisotopic (exact) mass is 397 g/mol. The molecular weight excluding hydrogens is 366 g/mol. The van der Waals surface area contributed by atoms with Crippen LogP contribution in [0.5, 0.6) is 5.75 Å². The quantitative estimate of drug-likeness (QED) is 0.834. The summed E-state index contributed by atoms with van der Waals surface area (Å²) in [6, 6.07) is 7.88. The van der Waals surface area contributed by atoms with E-state index in [1.54, 1.807) is 6.07 Å². The number of benzene rings is 1. The molecule has 0 bridgehead atoms. The molecule has 4 aliphatic rings. The van der Waals surface area contributed by atoms with E-state index >= 15 is 0 Å². The molecule has 1 spiro atoms. The normalized spacial score (nSPS) is 28.8. The van der Waals surface area contributed by atoms with E-state index in [1.807, 2.05) is 18.2 Å². The summed E-state index contributed by atoms with van der Waals surface area (Å²) in [6.07, 6.45) is 8.90. The van der Waals surface area contributed by atoms with Gasteiger partial charge in [-0.05, 0) is 43.7 Å². The molecule has 1 aromatic carbocycles. The molecule has 2 saturated heterocycles. The Morgan fingerprint density at radius 1 is 1.07 bits per heavy atom. The van der Waals surface area contributed by atoms with Crippen molar-refractivity contribution in [3.8, 4) is 5.75 Å². The van der Waals surface area contributed by atoms with E-state index in [4.69, 9.17) is 4.74 Å². The molecule has 0 unspecified atom stereocenters. The van der Waals surface area contributed by atoms with Crippen molar-refractivity contribution in [2.75, 3.05) is 26.2 Å². The van der Waals surface area contributed by atoms with Gasteiger partial charge in [-0.15, -0.1) is 0 Å². The minimum atomic E-state index is -0.634. The zero-order chi connectivity index (χ0) is 19.8. The Bertz CT molecular complexity index is 785. The summed E-state index contributed by atoms with van der Waals surface area (Å²) in [7, 11) is 0. The van der Waals surface area contributed by atoms with Crippen molar-refractivity contribution >= 4 is 11.8 Å². The fourth-order valence-corrected chi connectivity index (χ4v) is 5.77. The average Bonchev–Trinajstić information content (AvgIpc) is 2.75. The van der Waals surface area contributed by atoms with Crippen LogP contribution in [-0.2, 0) is 4.79 Å². The SMILES string of the molecule is O=C1NC2(CCN(CC(=O)N3CCC[C@H]4CCCC[C@H]43)CC2)Oc2ccccc21. The summed E-state index contributed by atoms with van der Waals surface area (Å²) < 4.78 is 6.22. The molecule has 156 valence electrons. The third-order valence-electron chi connectivity index (χ3n) is 7.36. The van der Waals surface area contributed by atoms with Gasteiger partial charge in [0.25, 0.3) is 5.91 Å². The lowest BCUT2D eigenvalue weighted by atomic mass is 9.78. The molecule has 1 saturated carbocycles. The minimum Gasteiger partial charge on any atom is -0.467 e. The summed E-state index contributed by atoms with van der Waals surface area (Å²) in [5.74, 6) is 1.61. The molecular formula is C23H31N3O3. The van der Waals surface area contributed by atoms with Gasteiger partial charge in [0.15, 0.2) is 5.72 Å². The smallest absolute Gasteiger partial charge is 0.258 e. The molecule has 2 atom stereocenters. The van der Waals surface area contributed by atoms with Gasteiger partial charge in [-0.3, -0.25) is 14.5 Å². The van der Waals surface area contributed by atoms with Crippen molar-refractivity contribution in [3.05, 3.63) is 29.8 Å². The van der Waals surface area contributed by atoms with E-state index < -0.39 is 5.72 Å². The van der Waals surface area contributed by atoms with Gasteiger partial charge in [-0.2, -0.15) is 0 Å². The maximum absolute atomic E-state index is 13.1. The molecule has 0 aromatic heterocycles. The van der Waals surface area contributed by atoms with Crippen molar-refractivity contribution in [2.24, 2.45) is 5.92 Å². The van der Waals surface area contributed by atoms with Gasteiger partial charge in [0.1, 0.15) is 5.75 Å². The number of piperidine rings is 2. The average molecular weight is 398 g/mol. The minimum absolute atomic E-state index is 0.0620. The standard InChI is InChI=1S/C23H31N3O3/c27-21(26-13-5-7-17-6-1-3-9-19(17)26)16-25-14-11-23(12-15-25)24-22(28)18-8-2-4-10-20(18)29-23/h2,4,8,10,17,19H,1,3,5-7,9,11-16H2,(H,24,28)/t17-,19-/m1/s1. The maximum atomic E-state index is 13.1. The molecule has 1 N–H and O–H groups in total. The van der Waals surface area contributed by atoms with Crippen molar-refractivity contribution in [2.45, 2.75) is 63.1 Å². The third-order valence-corrected chi connectivity index (χ3v) is 7.36. The van der Waals surface area contributed by atoms with E-state index in [1.165, 1.54) is 32.1 Å². The lowest BCUT2D eigenvalue weighted by Gasteiger charge is -2.46. The number of carbonyl (C=O) groups excluding carboxylic acids is 2. The number of hydrogen-bond acceptors (Lipinski definition) is 4. The first kappa shape index (κ1) is 18.9. The van der Waals surface area contributed by atoms with E-state index in [2.05, 4.69) is 15.1 Å². The Balaban J connectivity index is 1.19. The van der Waals surface area contributed by atoms with Crippen LogP contribution in [0.25, 0.3) is 0 Å². The summed E-state index contributed by atoms with van der Waals surface area (Å²) in [5.41, 5.74) is -0.0345. The van der Waals surface area contributed by atoms with E-state index in [-0.39, 0.29) is 11.8 Å². The summed E-state index contributed by atoms with van der Waals surface area (Å²) in [4.78, 5) is 30.0. The number of hydrogen-bond donors (Lipinski definition) is 1. The highest BCUT2D eigenvalue weighted by atomic mass is 16.5. The van der Waals surface area contributed by atoms with Crippen LogP contribution < -0.4 is 10.1 Å². The number of likely N-dealkylation sites (tertiary alicyclic amines) is 2. The highest BCUT2D eigenvalue weighted by molar-refractivity contribution is 5.98. The maximum Gasteiger partial charge on any atom is 0.258 e. The fourth-order valence-electron chi connectivity index (χ4n) is 5.77. The van der Waals surface area contributed by atoms with Crippen LogP contribution in [0.2, 0.25) is 0 Å². The molecule has 6 heteroatoms. The second-order valence-electron chi connectivity index (χ2n) is 9.16. The summed E-state index contributed by atoms with van der Waals surface area (Å²) in [5, 5.41) is 3.08. The van der Waals surface area contributed by atoms with Crippen LogP contribution >= 0.6 is 0 Å². The molecule has 5 rings (SSSR count). The highest BCUT2D eigenvalue weighted by Gasteiger charge is 2.43. The third kappa shape index (κ3) is 3.63. The topological polar surface area (TPSA) is 61.9 Å². The molecule has 1 aromatic rings. The lowest BCUT2D eigenvalue weighted by Crippen LogP contribution is -2.62. The molecule has 2 amide bonds. The fraction of sp³-hybridized carbons (Fsp3) is 0.652. The van der Waals surface area contributed by atoms with Gasteiger partial charge in [-0.1, -0.05) is 25.0 Å². The number of nitrogens with zero attached hydrogens (tertiary/aromatic N) is 2. The molecule has 29 heavy (non-hydrogen) atoms. The van der Waals surface area contributed by atoms with Crippen molar-refractivity contribution < 1.29 is 14.3 Å². The second-order valence-corrected chi connectivity index (χ2v) is 9.16. The number of carbonyl (C=O) groups is 2. The van der Waals surface area contributed by atoms with Crippen LogP contribution in [0.3, 0.4) is 0 Å². The van der Waals surface area contributed by atoms with Gasteiger partial charge in [0.2, 0.25) is 5.91 Å². The molecule has 3 fully saturated rings. The highest BCUT2D eigenvalue weighted by Crippen LogP contribution is 2.36. The van der Waals surface area contributed by atoms with Crippen molar-refractivity contribution in [1.29, 1.82) is 0 Å².